The fourth-order valence-corrected chi connectivity index (χ4v) is 2.69. The highest BCUT2D eigenvalue weighted by molar-refractivity contribution is 6.06. The van der Waals surface area contributed by atoms with Gasteiger partial charge in [-0.05, 0) is 44.7 Å². The molecule has 2 aromatic rings. The maximum atomic E-state index is 12.5. The van der Waals surface area contributed by atoms with Gasteiger partial charge in [0.05, 0.1) is 18.5 Å². The summed E-state index contributed by atoms with van der Waals surface area (Å²) in [6.07, 6.45) is 6.08. The van der Waals surface area contributed by atoms with Crippen LogP contribution in [0.1, 0.15) is 41.1 Å². The number of hydrogen-bond acceptors (Lipinski definition) is 7. The van der Waals surface area contributed by atoms with Crippen molar-refractivity contribution in [3.8, 4) is 17.4 Å². The Morgan fingerprint density at radius 3 is 2.48 bits per heavy atom. The highest BCUT2D eigenvalue weighted by atomic mass is 16.5. The molecule has 3 rings (SSSR count). The molecule has 2 amide bonds. The van der Waals surface area contributed by atoms with E-state index in [1.165, 1.54) is 30.7 Å². The summed E-state index contributed by atoms with van der Waals surface area (Å²) in [6, 6.07) is 4.64. The third kappa shape index (κ3) is 5.78. The van der Waals surface area contributed by atoms with E-state index >= 15 is 0 Å². The van der Waals surface area contributed by atoms with Gasteiger partial charge in [-0.25, -0.2) is 9.97 Å². The first-order valence-corrected chi connectivity index (χ1v) is 9.73. The van der Waals surface area contributed by atoms with Crippen LogP contribution in [-0.2, 0) is 0 Å². The molecule has 0 aliphatic carbocycles. The number of likely N-dealkylation sites (tertiary alicyclic amines) is 1. The zero-order valence-electron chi connectivity index (χ0n) is 17.3. The maximum Gasteiger partial charge on any atom is 0.279 e. The van der Waals surface area contributed by atoms with Crippen molar-refractivity contribution >= 4 is 17.6 Å². The summed E-state index contributed by atoms with van der Waals surface area (Å²) in [5.74, 6) is 0.0915. The minimum absolute atomic E-state index is 0.0292. The minimum Gasteiger partial charge on any atom is -0.491 e. The monoisotopic (exact) mass is 424 g/mol. The molecule has 0 spiro atoms. The van der Waals surface area contributed by atoms with E-state index in [4.69, 9.17) is 20.9 Å². The quantitative estimate of drug-likeness (QED) is 0.506. The lowest BCUT2D eigenvalue weighted by molar-refractivity contribution is 0.0645. The average molecular weight is 424 g/mol. The molecular weight excluding hydrogens is 400 g/mol. The van der Waals surface area contributed by atoms with Gasteiger partial charge in [0.2, 0.25) is 5.88 Å². The maximum absolute atomic E-state index is 12.5. The van der Waals surface area contributed by atoms with Crippen LogP contribution in [0.3, 0.4) is 0 Å². The summed E-state index contributed by atoms with van der Waals surface area (Å²) in [7, 11) is 0. The fourth-order valence-electron chi connectivity index (χ4n) is 2.69. The van der Waals surface area contributed by atoms with Crippen molar-refractivity contribution in [1.82, 2.24) is 14.9 Å². The minimum atomic E-state index is -0.587. The number of benzene rings is 1. The largest absolute Gasteiger partial charge is 0.491 e. The lowest BCUT2D eigenvalue weighted by Gasteiger charge is -2.30. The average Bonchev–Trinajstić information content (AvgIpc) is 2.66. The molecule has 0 saturated carbocycles. The Bertz CT molecular complexity index is 1010. The topological polar surface area (TPSA) is 146 Å². The first-order chi connectivity index (χ1) is 14.9. The second-order valence-corrected chi connectivity index (χ2v) is 7.05. The molecule has 1 fully saturated rings. The Balaban J connectivity index is 1.83. The molecule has 2 heterocycles. The summed E-state index contributed by atoms with van der Waals surface area (Å²) in [4.78, 5) is 38.4. The van der Waals surface area contributed by atoms with Crippen LogP contribution in [0.4, 0.5) is 0 Å². The van der Waals surface area contributed by atoms with Crippen molar-refractivity contribution < 1.29 is 19.1 Å². The van der Waals surface area contributed by atoms with Gasteiger partial charge < -0.3 is 25.8 Å². The van der Waals surface area contributed by atoms with E-state index in [2.05, 4.69) is 15.0 Å². The first-order valence-electron chi connectivity index (χ1n) is 9.73. The molecule has 0 unspecified atom stereocenters. The molecule has 1 aromatic heterocycles. The van der Waals surface area contributed by atoms with Crippen LogP contribution in [0.2, 0.25) is 0 Å². The lowest BCUT2D eigenvalue weighted by atomic mass is 10.2. The molecule has 162 valence electrons. The predicted molar refractivity (Wildman–Crippen MR) is 114 cm³/mol. The van der Waals surface area contributed by atoms with Crippen LogP contribution in [0, 0.1) is 0 Å². The Labute approximate surface area is 179 Å². The fraction of sp³-hybridized carbons (Fsp3) is 0.286. The molecule has 1 saturated heterocycles. The number of carbonyl (C=O) groups is 2. The van der Waals surface area contributed by atoms with Crippen LogP contribution in [0.25, 0.3) is 0 Å². The molecular formula is C21H24N6O4. The van der Waals surface area contributed by atoms with Crippen molar-refractivity contribution in [2.24, 2.45) is 16.5 Å². The van der Waals surface area contributed by atoms with Gasteiger partial charge in [0, 0.05) is 24.7 Å². The van der Waals surface area contributed by atoms with Crippen molar-refractivity contribution in [1.29, 1.82) is 0 Å². The third-order valence-electron chi connectivity index (χ3n) is 4.21. The van der Waals surface area contributed by atoms with E-state index < -0.39 is 5.91 Å². The molecule has 1 aliphatic heterocycles. The van der Waals surface area contributed by atoms with Gasteiger partial charge in [-0.15, -0.1) is 0 Å². The van der Waals surface area contributed by atoms with Crippen LogP contribution in [0.5, 0.6) is 17.4 Å². The van der Waals surface area contributed by atoms with Gasteiger partial charge in [0.25, 0.3) is 11.8 Å². The number of carbonyl (C=O) groups excluding carboxylic acids is 2. The molecule has 1 aliphatic rings. The molecule has 0 bridgehead atoms. The Kier molecular flexibility index (Phi) is 6.81. The van der Waals surface area contributed by atoms with Crippen molar-refractivity contribution in [2.75, 3.05) is 13.1 Å². The zero-order chi connectivity index (χ0) is 22.4. The van der Waals surface area contributed by atoms with E-state index in [0.717, 1.165) is 19.5 Å². The van der Waals surface area contributed by atoms with Gasteiger partial charge in [0.15, 0.2) is 0 Å². The number of amides is 2. The number of hydrogen-bond donors (Lipinski definition) is 2. The standard InChI is InChI=1S/C21H24N6O4/c1-13(2)30-15-8-14(20(28)26-18(23)4-5-22)9-16(10-15)31-19-12-24-17(11-25-19)21(29)27-6-3-7-27/h4-5,8-13H,3,6-7,22H2,1-2H3,(H2,23,26,28)/b5-4-. The number of aliphatic imine (C=N–C) groups is 1. The van der Waals surface area contributed by atoms with Gasteiger partial charge in [-0.3, -0.25) is 9.59 Å². The zero-order valence-corrected chi connectivity index (χ0v) is 17.3. The number of nitrogens with two attached hydrogens (primary N) is 2. The van der Waals surface area contributed by atoms with Crippen LogP contribution >= 0.6 is 0 Å². The van der Waals surface area contributed by atoms with E-state index in [9.17, 15) is 9.59 Å². The molecule has 10 nitrogen and oxygen atoms in total. The number of aromatic nitrogens is 2. The van der Waals surface area contributed by atoms with Gasteiger partial charge >= 0.3 is 0 Å². The summed E-state index contributed by atoms with van der Waals surface area (Å²) in [6.45, 7) is 5.17. The SMILES string of the molecule is CC(C)Oc1cc(Oc2cnc(C(=O)N3CCC3)cn2)cc(C(=O)N=C(N)/C=C\N)c1. The number of nitrogens with zero attached hydrogens (tertiary/aromatic N) is 4. The van der Waals surface area contributed by atoms with E-state index in [1.54, 1.807) is 17.0 Å². The van der Waals surface area contributed by atoms with Crippen molar-refractivity contribution in [3.05, 3.63) is 54.1 Å². The summed E-state index contributed by atoms with van der Waals surface area (Å²) in [5.41, 5.74) is 11.3. The van der Waals surface area contributed by atoms with E-state index in [-0.39, 0.29) is 35.0 Å². The van der Waals surface area contributed by atoms with E-state index in [0.29, 0.717) is 11.5 Å². The van der Waals surface area contributed by atoms with Crippen molar-refractivity contribution in [3.63, 3.8) is 0 Å². The number of amidine groups is 1. The second kappa shape index (κ2) is 9.70. The molecule has 0 radical (unpaired) electrons. The summed E-state index contributed by atoms with van der Waals surface area (Å²) < 4.78 is 11.4. The Morgan fingerprint density at radius 1 is 1.16 bits per heavy atom. The highest BCUT2D eigenvalue weighted by Crippen LogP contribution is 2.27. The molecule has 10 heteroatoms. The molecule has 31 heavy (non-hydrogen) atoms. The van der Waals surface area contributed by atoms with E-state index in [1.807, 2.05) is 13.8 Å². The predicted octanol–water partition coefficient (Wildman–Crippen LogP) is 1.87. The highest BCUT2D eigenvalue weighted by Gasteiger charge is 2.23. The van der Waals surface area contributed by atoms with Gasteiger partial charge in [-0.1, -0.05) is 0 Å². The Morgan fingerprint density at radius 2 is 1.90 bits per heavy atom. The van der Waals surface area contributed by atoms with Crippen LogP contribution in [-0.4, -0.2) is 51.7 Å². The summed E-state index contributed by atoms with van der Waals surface area (Å²) in [5, 5.41) is 0. The number of ether oxygens (including phenoxy) is 2. The second-order valence-electron chi connectivity index (χ2n) is 7.05. The number of rotatable bonds is 7. The van der Waals surface area contributed by atoms with Gasteiger partial charge in [0.1, 0.15) is 23.0 Å². The van der Waals surface area contributed by atoms with Crippen molar-refractivity contribution in [2.45, 2.75) is 26.4 Å². The van der Waals surface area contributed by atoms with Gasteiger partial charge in [-0.2, -0.15) is 4.99 Å². The molecule has 4 N–H and O–H groups in total. The lowest BCUT2D eigenvalue weighted by Crippen LogP contribution is -2.42. The summed E-state index contributed by atoms with van der Waals surface area (Å²) >= 11 is 0. The molecule has 1 aromatic carbocycles. The van der Waals surface area contributed by atoms with Crippen LogP contribution < -0.4 is 20.9 Å². The Hall–Kier alpha value is -3.95. The van der Waals surface area contributed by atoms with Crippen LogP contribution in [0.15, 0.2) is 47.9 Å². The third-order valence-corrected chi connectivity index (χ3v) is 4.21. The normalized spacial score (nSPS) is 13.9. The first kappa shape index (κ1) is 21.8. The smallest absolute Gasteiger partial charge is 0.279 e. The molecule has 0 atom stereocenters.